The zero-order valence-corrected chi connectivity index (χ0v) is 10.1. The predicted octanol–water partition coefficient (Wildman–Crippen LogP) is 0.0788. The second-order valence-electron chi connectivity index (χ2n) is 3.27. The Kier molecular flexibility index (Phi) is 4.85. The van der Waals surface area contributed by atoms with E-state index in [4.69, 9.17) is 5.73 Å². The molecule has 0 unspecified atom stereocenters. The first-order valence-corrected chi connectivity index (χ1v) is 5.12. The first-order chi connectivity index (χ1) is 8.54. The Morgan fingerprint density at radius 3 is 2.83 bits per heavy atom. The van der Waals surface area contributed by atoms with Crippen LogP contribution in [0.25, 0.3) is 0 Å². The lowest BCUT2D eigenvalue weighted by Crippen LogP contribution is -2.20. The molecule has 1 rings (SSSR count). The molecule has 1 amide bonds. The average Bonchev–Trinajstić information content (AvgIpc) is 2.33. The van der Waals surface area contributed by atoms with E-state index in [1.54, 1.807) is 6.92 Å². The lowest BCUT2D eigenvalue weighted by Gasteiger charge is -2.09. The minimum absolute atomic E-state index is 0.0684. The molecule has 0 saturated heterocycles. The van der Waals surface area contributed by atoms with Crippen LogP contribution < -0.4 is 11.1 Å². The molecule has 98 valence electrons. The van der Waals surface area contributed by atoms with Gasteiger partial charge in [-0.15, -0.1) is 0 Å². The van der Waals surface area contributed by atoms with E-state index in [2.05, 4.69) is 24.8 Å². The van der Waals surface area contributed by atoms with E-state index in [1.165, 1.54) is 13.3 Å². The monoisotopic (exact) mass is 254 g/mol. The summed E-state index contributed by atoms with van der Waals surface area (Å²) in [5, 5.41) is 2.84. The van der Waals surface area contributed by atoms with Crippen molar-refractivity contribution in [2.24, 2.45) is 5.73 Å². The maximum Gasteiger partial charge on any atom is 0.404 e. The summed E-state index contributed by atoms with van der Waals surface area (Å²) in [5.41, 5.74) is 5.02. The number of hydrogen-bond donors (Lipinski definition) is 2. The zero-order valence-electron chi connectivity index (χ0n) is 10.1. The third-order valence-electron chi connectivity index (χ3n) is 1.95. The van der Waals surface area contributed by atoms with Gasteiger partial charge >= 0.3 is 12.1 Å². The Balaban J connectivity index is 2.70. The van der Waals surface area contributed by atoms with Gasteiger partial charge in [-0.1, -0.05) is 0 Å². The lowest BCUT2D eigenvalue weighted by atomic mass is 10.3. The van der Waals surface area contributed by atoms with Gasteiger partial charge in [0.2, 0.25) is 0 Å². The van der Waals surface area contributed by atoms with E-state index in [-0.39, 0.29) is 18.7 Å². The Bertz CT molecular complexity index is 450. The van der Waals surface area contributed by atoms with Gasteiger partial charge in [0.25, 0.3) is 0 Å². The number of esters is 1. The molecule has 0 radical (unpaired) electrons. The smallest absolute Gasteiger partial charge is 0.404 e. The summed E-state index contributed by atoms with van der Waals surface area (Å²) in [7, 11) is 1.27. The molecule has 1 aromatic heterocycles. The molecule has 18 heavy (non-hydrogen) atoms. The molecule has 0 aliphatic rings. The van der Waals surface area contributed by atoms with Crippen LogP contribution in [-0.2, 0) is 9.47 Å². The molecule has 8 heteroatoms. The SMILES string of the molecule is COC(=O)c1cnc(C)nc1NCCOC(N)=O. The van der Waals surface area contributed by atoms with Gasteiger partial charge in [0.15, 0.2) is 0 Å². The number of rotatable bonds is 5. The fraction of sp³-hybridized carbons (Fsp3) is 0.400. The third-order valence-corrected chi connectivity index (χ3v) is 1.95. The number of anilines is 1. The van der Waals surface area contributed by atoms with Gasteiger partial charge in [0.1, 0.15) is 23.8 Å². The summed E-state index contributed by atoms with van der Waals surface area (Å²) in [6.45, 7) is 2.02. The molecule has 0 aliphatic heterocycles. The number of amides is 1. The second kappa shape index (κ2) is 6.38. The van der Waals surface area contributed by atoms with Crippen molar-refractivity contribution < 1.29 is 19.1 Å². The highest BCUT2D eigenvalue weighted by Gasteiger charge is 2.13. The number of ether oxygens (including phenoxy) is 2. The minimum Gasteiger partial charge on any atom is -0.465 e. The van der Waals surface area contributed by atoms with Crippen LogP contribution in [0.15, 0.2) is 6.20 Å². The molecular formula is C10H14N4O4. The van der Waals surface area contributed by atoms with E-state index in [0.717, 1.165) is 0 Å². The highest BCUT2D eigenvalue weighted by Crippen LogP contribution is 2.12. The molecule has 0 atom stereocenters. The first kappa shape index (κ1) is 13.7. The standard InChI is InChI=1S/C10H14N4O4/c1-6-13-5-7(9(15)17-2)8(14-6)12-3-4-18-10(11)16/h5H,3-4H2,1-2H3,(H2,11,16)(H,12,13,14). The Hall–Kier alpha value is -2.38. The molecule has 8 nitrogen and oxygen atoms in total. The number of hydrogen-bond acceptors (Lipinski definition) is 7. The Labute approximate surface area is 104 Å². The lowest BCUT2D eigenvalue weighted by molar-refractivity contribution is 0.0600. The number of nitrogens with one attached hydrogen (secondary N) is 1. The molecule has 0 aromatic carbocycles. The average molecular weight is 254 g/mol. The van der Waals surface area contributed by atoms with Crippen LogP contribution in [0, 0.1) is 6.92 Å². The molecule has 0 aliphatic carbocycles. The van der Waals surface area contributed by atoms with E-state index in [1.807, 2.05) is 0 Å². The van der Waals surface area contributed by atoms with Gasteiger partial charge in [0, 0.05) is 6.20 Å². The number of nitrogens with zero attached hydrogens (tertiary/aromatic N) is 2. The first-order valence-electron chi connectivity index (χ1n) is 5.12. The number of aromatic nitrogens is 2. The molecule has 0 fully saturated rings. The minimum atomic E-state index is -0.858. The van der Waals surface area contributed by atoms with Crippen molar-refractivity contribution >= 4 is 17.9 Å². The summed E-state index contributed by atoms with van der Waals surface area (Å²) >= 11 is 0. The highest BCUT2D eigenvalue weighted by atomic mass is 16.5. The van der Waals surface area contributed by atoms with Crippen LogP contribution in [0.1, 0.15) is 16.2 Å². The molecule has 1 heterocycles. The largest absolute Gasteiger partial charge is 0.465 e. The summed E-state index contributed by atoms with van der Waals surface area (Å²) in [4.78, 5) is 29.8. The van der Waals surface area contributed by atoms with Gasteiger partial charge in [-0.2, -0.15) is 0 Å². The van der Waals surface area contributed by atoms with Crippen molar-refractivity contribution in [2.75, 3.05) is 25.6 Å². The van der Waals surface area contributed by atoms with E-state index in [0.29, 0.717) is 11.6 Å². The normalized spacial score (nSPS) is 9.67. The fourth-order valence-corrected chi connectivity index (χ4v) is 1.19. The molecule has 0 bridgehead atoms. The van der Waals surface area contributed by atoms with Gasteiger partial charge in [-0.05, 0) is 6.92 Å². The van der Waals surface area contributed by atoms with E-state index in [9.17, 15) is 9.59 Å². The van der Waals surface area contributed by atoms with Crippen molar-refractivity contribution in [3.05, 3.63) is 17.6 Å². The number of carbonyl (C=O) groups excluding carboxylic acids is 2. The van der Waals surface area contributed by atoms with Crippen LogP contribution in [-0.4, -0.2) is 42.3 Å². The van der Waals surface area contributed by atoms with Crippen LogP contribution in [0.4, 0.5) is 10.6 Å². The number of carbonyl (C=O) groups is 2. The summed E-state index contributed by atoms with van der Waals surface area (Å²) in [6.07, 6.45) is 0.509. The summed E-state index contributed by atoms with van der Waals surface area (Å²) in [6, 6.07) is 0. The Morgan fingerprint density at radius 2 is 2.22 bits per heavy atom. The van der Waals surface area contributed by atoms with E-state index < -0.39 is 12.1 Å². The van der Waals surface area contributed by atoms with Crippen LogP contribution in [0.2, 0.25) is 0 Å². The maximum atomic E-state index is 11.4. The maximum absolute atomic E-state index is 11.4. The van der Waals surface area contributed by atoms with Gasteiger partial charge in [-0.3, -0.25) is 0 Å². The van der Waals surface area contributed by atoms with Crippen LogP contribution in [0.5, 0.6) is 0 Å². The zero-order chi connectivity index (χ0) is 13.5. The van der Waals surface area contributed by atoms with Crippen molar-refractivity contribution in [1.82, 2.24) is 9.97 Å². The quantitative estimate of drug-likeness (QED) is 0.564. The molecule has 0 saturated carbocycles. The highest BCUT2D eigenvalue weighted by molar-refractivity contribution is 5.94. The van der Waals surface area contributed by atoms with Crippen molar-refractivity contribution in [2.45, 2.75) is 6.92 Å². The summed E-state index contributed by atoms with van der Waals surface area (Å²) < 4.78 is 9.13. The van der Waals surface area contributed by atoms with Crippen LogP contribution in [0.3, 0.4) is 0 Å². The Morgan fingerprint density at radius 1 is 1.50 bits per heavy atom. The fourth-order valence-electron chi connectivity index (χ4n) is 1.19. The van der Waals surface area contributed by atoms with Crippen LogP contribution >= 0.6 is 0 Å². The van der Waals surface area contributed by atoms with Gasteiger partial charge in [0.05, 0.1) is 13.7 Å². The topological polar surface area (TPSA) is 116 Å². The number of aryl methyl sites for hydroxylation is 1. The van der Waals surface area contributed by atoms with Crippen molar-refractivity contribution in [3.8, 4) is 0 Å². The van der Waals surface area contributed by atoms with Crippen molar-refractivity contribution in [1.29, 1.82) is 0 Å². The molecule has 3 N–H and O–H groups in total. The number of primary amides is 1. The van der Waals surface area contributed by atoms with Gasteiger partial charge in [-0.25, -0.2) is 19.6 Å². The third kappa shape index (κ3) is 3.89. The molecular weight excluding hydrogens is 240 g/mol. The predicted molar refractivity (Wildman–Crippen MR) is 62.1 cm³/mol. The summed E-state index contributed by atoms with van der Waals surface area (Å²) in [5.74, 6) is 0.275. The second-order valence-corrected chi connectivity index (χ2v) is 3.27. The molecule has 1 aromatic rings. The number of nitrogens with two attached hydrogens (primary N) is 1. The molecule has 0 spiro atoms. The number of methoxy groups -OCH3 is 1. The van der Waals surface area contributed by atoms with Crippen molar-refractivity contribution in [3.63, 3.8) is 0 Å². The van der Waals surface area contributed by atoms with Gasteiger partial charge < -0.3 is 20.5 Å². The van der Waals surface area contributed by atoms with E-state index >= 15 is 0 Å².